The molecule has 2 N–H and O–H groups in total. The zero-order valence-electron chi connectivity index (χ0n) is 13.2. The summed E-state index contributed by atoms with van der Waals surface area (Å²) in [6, 6.07) is 6.32. The molecule has 0 aliphatic carbocycles. The van der Waals surface area contributed by atoms with Crippen molar-refractivity contribution in [3.63, 3.8) is 0 Å². The van der Waals surface area contributed by atoms with Crippen LogP contribution in [-0.2, 0) is 10.4 Å². The van der Waals surface area contributed by atoms with Gasteiger partial charge in [-0.15, -0.1) is 0 Å². The zero-order chi connectivity index (χ0) is 17.2. The van der Waals surface area contributed by atoms with Crippen LogP contribution in [0.4, 0.5) is 13.2 Å². The molecule has 0 spiro atoms. The lowest BCUT2D eigenvalue weighted by molar-refractivity contribution is -0.267. The Hall–Kier alpha value is -1.56. The fourth-order valence-electron chi connectivity index (χ4n) is 1.82. The summed E-state index contributed by atoms with van der Waals surface area (Å²) >= 11 is 0. The van der Waals surface area contributed by atoms with E-state index in [0.717, 1.165) is 12.1 Å². The summed E-state index contributed by atoms with van der Waals surface area (Å²) in [5, 5.41) is 12.6. The van der Waals surface area contributed by atoms with Gasteiger partial charge in [-0.25, -0.2) is 0 Å². The van der Waals surface area contributed by atoms with E-state index in [1.165, 1.54) is 12.1 Å². The first-order valence-electron chi connectivity index (χ1n) is 7.02. The Balaban J connectivity index is 3.00. The molecule has 22 heavy (non-hydrogen) atoms. The number of carbonyl (C=O) groups is 1. The summed E-state index contributed by atoms with van der Waals surface area (Å²) in [7, 11) is 0. The highest BCUT2D eigenvalue weighted by atomic mass is 19.4. The molecule has 0 aliphatic rings. The molecule has 1 amide bonds. The van der Waals surface area contributed by atoms with Gasteiger partial charge in [0, 0.05) is 6.04 Å². The smallest absolute Gasteiger partial charge is 0.376 e. The van der Waals surface area contributed by atoms with E-state index >= 15 is 0 Å². The minimum absolute atomic E-state index is 0.293. The van der Waals surface area contributed by atoms with E-state index in [4.69, 9.17) is 0 Å². The van der Waals surface area contributed by atoms with Crippen molar-refractivity contribution in [2.75, 3.05) is 0 Å². The second kappa shape index (κ2) is 6.28. The average Bonchev–Trinajstić information content (AvgIpc) is 2.37. The van der Waals surface area contributed by atoms with E-state index in [1.807, 2.05) is 20.8 Å². The number of rotatable bonds is 4. The Labute approximate surface area is 128 Å². The third-order valence-electron chi connectivity index (χ3n) is 3.81. The van der Waals surface area contributed by atoms with Crippen molar-refractivity contribution in [3.05, 3.63) is 35.9 Å². The van der Waals surface area contributed by atoms with Gasteiger partial charge in [0.15, 0.2) is 5.60 Å². The lowest BCUT2D eigenvalue weighted by Gasteiger charge is -2.33. The summed E-state index contributed by atoms with van der Waals surface area (Å²) in [5.41, 5.74) is -3.84. The molecule has 0 saturated heterocycles. The minimum Gasteiger partial charge on any atom is -0.376 e. The van der Waals surface area contributed by atoms with E-state index in [9.17, 15) is 23.1 Å². The van der Waals surface area contributed by atoms with Crippen LogP contribution in [0.1, 0.15) is 39.7 Å². The molecular formula is C16H22F3NO2. The summed E-state index contributed by atoms with van der Waals surface area (Å²) in [6.45, 7) is 7.31. The molecule has 0 radical (unpaired) electrons. The lowest BCUT2D eigenvalue weighted by atomic mass is 9.86. The normalized spacial score (nSPS) is 16.7. The molecule has 6 heteroatoms. The molecule has 0 bridgehead atoms. The Morgan fingerprint density at radius 2 is 1.68 bits per heavy atom. The predicted octanol–water partition coefficient (Wildman–Crippen LogP) is 3.38. The van der Waals surface area contributed by atoms with Crippen molar-refractivity contribution < 1.29 is 23.1 Å². The van der Waals surface area contributed by atoms with Gasteiger partial charge in [0.05, 0.1) is 6.42 Å². The van der Waals surface area contributed by atoms with Crippen LogP contribution >= 0.6 is 0 Å². The molecule has 0 heterocycles. The van der Waals surface area contributed by atoms with Gasteiger partial charge in [-0.3, -0.25) is 4.79 Å². The molecular weight excluding hydrogens is 295 g/mol. The number of halogens is 3. The summed E-state index contributed by atoms with van der Waals surface area (Å²) in [4.78, 5) is 12.0. The highest BCUT2D eigenvalue weighted by molar-refractivity contribution is 5.77. The summed E-state index contributed by atoms with van der Waals surface area (Å²) in [5.74, 6) is -0.842. The first-order chi connectivity index (χ1) is 9.88. The van der Waals surface area contributed by atoms with Crippen LogP contribution in [0, 0.1) is 5.41 Å². The second-order valence-corrected chi connectivity index (χ2v) is 6.56. The van der Waals surface area contributed by atoms with Crippen molar-refractivity contribution in [1.29, 1.82) is 0 Å². The van der Waals surface area contributed by atoms with E-state index in [2.05, 4.69) is 5.32 Å². The van der Waals surface area contributed by atoms with Crippen LogP contribution in [0.15, 0.2) is 30.3 Å². The zero-order valence-corrected chi connectivity index (χ0v) is 13.2. The third kappa shape index (κ3) is 4.22. The standard InChI is InChI=1S/C16H22F3NO2/c1-11(14(2,3)4)20-13(21)10-15(22,16(17,18)19)12-8-6-5-7-9-12/h5-9,11,22H,10H2,1-4H3,(H,20,21)/t11-,15-/m0/s1. The molecule has 124 valence electrons. The maximum absolute atomic E-state index is 13.3. The van der Waals surface area contributed by atoms with Crippen molar-refractivity contribution in [3.8, 4) is 0 Å². The van der Waals surface area contributed by atoms with Crippen LogP contribution in [0.3, 0.4) is 0 Å². The maximum atomic E-state index is 13.3. The SMILES string of the molecule is C[C@H](NC(=O)C[C@](O)(c1ccccc1)C(F)(F)F)C(C)(C)C. The van der Waals surface area contributed by atoms with Crippen LogP contribution in [0.5, 0.6) is 0 Å². The fourth-order valence-corrected chi connectivity index (χ4v) is 1.82. The van der Waals surface area contributed by atoms with Gasteiger partial charge in [0.2, 0.25) is 5.91 Å². The molecule has 0 aliphatic heterocycles. The van der Waals surface area contributed by atoms with Gasteiger partial charge in [0.25, 0.3) is 0 Å². The Morgan fingerprint density at radius 3 is 2.09 bits per heavy atom. The summed E-state index contributed by atoms with van der Waals surface area (Å²) in [6.07, 6.45) is -6.02. The van der Waals surface area contributed by atoms with Gasteiger partial charge in [-0.2, -0.15) is 13.2 Å². The highest BCUT2D eigenvalue weighted by Gasteiger charge is 2.56. The van der Waals surface area contributed by atoms with Gasteiger partial charge >= 0.3 is 6.18 Å². The van der Waals surface area contributed by atoms with Gasteiger partial charge in [-0.05, 0) is 17.9 Å². The van der Waals surface area contributed by atoms with E-state index in [1.54, 1.807) is 13.0 Å². The number of hydrogen-bond donors (Lipinski definition) is 2. The molecule has 0 unspecified atom stereocenters. The van der Waals surface area contributed by atoms with Crippen LogP contribution < -0.4 is 5.32 Å². The van der Waals surface area contributed by atoms with E-state index in [-0.39, 0.29) is 17.0 Å². The Bertz CT molecular complexity index is 508. The molecule has 1 aromatic rings. The second-order valence-electron chi connectivity index (χ2n) is 6.56. The number of benzene rings is 1. The average molecular weight is 317 g/mol. The molecule has 1 aromatic carbocycles. The molecule has 2 atom stereocenters. The Morgan fingerprint density at radius 1 is 1.18 bits per heavy atom. The van der Waals surface area contributed by atoms with Crippen molar-refractivity contribution >= 4 is 5.91 Å². The van der Waals surface area contributed by atoms with Gasteiger partial charge in [-0.1, -0.05) is 51.1 Å². The maximum Gasteiger partial charge on any atom is 0.421 e. The highest BCUT2D eigenvalue weighted by Crippen LogP contribution is 2.41. The first-order valence-corrected chi connectivity index (χ1v) is 7.02. The van der Waals surface area contributed by atoms with Gasteiger partial charge in [0.1, 0.15) is 0 Å². The van der Waals surface area contributed by atoms with Gasteiger partial charge < -0.3 is 10.4 Å². The fraction of sp³-hybridized carbons (Fsp3) is 0.562. The number of amides is 1. The van der Waals surface area contributed by atoms with Crippen molar-refractivity contribution in [2.24, 2.45) is 5.41 Å². The number of hydrogen-bond acceptors (Lipinski definition) is 2. The van der Waals surface area contributed by atoms with Crippen molar-refractivity contribution in [1.82, 2.24) is 5.32 Å². The van der Waals surface area contributed by atoms with Crippen molar-refractivity contribution in [2.45, 2.75) is 51.9 Å². The monoisotopic (exact) mass is 317 g/mol. The minimum atomic E-state index is -4.95. The lowest BCUT2D eigenvalue weighted by Crippen LogP contribution is -2.49. The number of carbonyl (C=O) groups excluding carboxylic acids is 1. The number of alkyl halides is 3. The molecule has 0 aromatic heterocycles. The quantitative estimate of drug-likeness (QED) is 0.894. The Kier molecular flexibility index (Phi) is 5.28. The van der Waals surface area contributed by atoms with Crippen LogP contribution in [-0.4, -0.2) is 23.2 Å². The van der Waals surface area contributed by atoms with E-state index < -0.39 is 24.1 Å². The van der Waals surface area contributed by atoms with Crippen LogP contribution in [0.25, 0.3) is 0 Å². The van der Waals surface area contributed by atoms with E-state index in [0.29, 0.717) is 0 Å². The largest absolute Gasteiger partial charge is 0.421 e. The molecule has 3 nitrogen and oxygen atoms in total. The van der Waals surface area contributed by atoms with Crippen LogP contribution in [0.2, 0.25) is 0 Å². The summed E-state index contributed by atoms with van der Waals surface area (Å²) < 4.78 is 39.9. The topological polar surface area (TPSA) is 49.3 Å². The number of nitrogens with one attached hydrogen (secondary N) is 1. The third-order valence-corrected chi connectivity index (χ3v) is 3.81. The molecule has 0 fully saturated rings. The predicted molar refractivity (Wildman–Crippen MR) is 78.1 cm³/mol. The number of aliphatic hydroxyl groups is 1. The first kappa shape index (κ1) is 18.5. The molecule has 0 saturated carbocycles. The molecule has 1 rings (SSSR count).